The molecule has 1 aliphatic carbocycles. The van der Waals surface area contributed by atoms with Gasteiger partial charge in [0.2, 0.25) is 0 Å². The largest absolute Gasteiger partial charge is 0.423 e. The Morgan fingerprint density at radius 3 is 2.41 bits per heavy atom. The van der Waals surface area contributed by atoms with Crippen LogP contribution in [-0.4, -0.2) is 19.3 Å². The second kappa shape index (κ2) is 8.02. The SMILES string of the molecule is O=c1cc(C(F)(F)F)c2cc(Cc3ccc(S(=O)(=O)N4C=C5CC=CC=C5C4)cc3)ccc2o1. The van der Waals surface area contributed by atoms with Crippen LogP contribution in [0.15, 0.2) is 98.2 Å². The minimum Gasteiger partial charge on any atom is -0.423 e. The molecule has 0 saturated heterocycles. The molecule has 0 N–H and O–H groups in total. The molecule has 2 heterocycles. The van der Waals surface area contributed by atoms with Crippen LogP contribution < -0.4 is 5.63 Å². The van der Waals surface area contributed by atoms with Crippen LogP contribution in [0, 0.1) is 0 Å². The molecule has 0 amide bonds. The van der Waals surface area contributed by atoms with E-state index in [0.717, 1.165) is 16.7 Å². The predicted molar refractivity (Wildman–Crippen MR) is 121 cm³/mol. The monoisotopic (exact) mass is 485 g/mol. The van der Waals surface area contributed by atoms with Crippen LogP contribution in [0.25, 0.3) is 11.0 Å². The van der Waals surface area contributed by atoms with Crippen molar-refractivity contribution in [1.29, 1.82) is 0 Å². The third-order valence-electron chi connectivity index (χ3n) is 5.86. The van der Waals surface area contributed by atoms with Crippen molar-refractivity contribution in [3.05, 3.63) is 111 Å². The Kier molecular flexibility index (Phi) is 5.24. The van der Waals surface area contributed by atoms with Crippen LogP contribution in [-0.2, 0) is 22.6 Å². The van der Waals surface area contributed by atoms with Gasteiger partial charge in [-0.05, 0) is 59.4 Å². The normalized spacial score (nSPS) is 15.9. The number of allylic oxidation sites excluding steroid dienone is 3. The molecule has 0 radical (unpaired) electrons. The summed E-state index contributed by atoms with van der Waals surface area (Å²) in [6, 6.07) is 11.0. The van der Waals surface area contributed by atoms with E-state index in [1.54, 1.807) is 24.4 Å². The zero-order valence-electron chi connectivity index (χ0n) is 17.7. The van der Waals surface area contributed by atoms with Gasteiger partial charge in [-0.15, -0.1) is 0 Å². The maximum atomic E-state index is 13.4. The smallest absolute Gasteiger partial charge is 0.417 e. The molecule has 9 heteroatoms. The van der Waals surface area contributed by atoms with Gasteiger partial charge in [-0.1, -0.05) is 36.4 Å². The minimum atomic E-state index is -4.70. The second-order valence-electron chi connectivity index (χ2n) is 8.16. The lowest BCUT2D eigenvalue weighted by atomic mass is 10.0. The lowest BCUT2D eigenvalue weighted by Gasteiger charge is -2.16. The highest BCUT2D eigenvalue weighted by atomic mass is 32.2. The highest BCUT2D eigenvalue weighted by Gasteiger charge is 2.34. The summed E-state index contributed by atoms with van der Waals surface area (Å²) in [5, 5.41) is -0.198. The van der Waals surface area contributed by atoms with Crippen LogP contribution >= 0.6 is 0 Å². The van der Waals surface area contributed by atoms with E-state index in [1.807, 2.05) is 18.2 Å². The zero-order valence-corrected chi connectivity index (χ0v) is 18.5. The molecule has 5 rings (SSSR count). The van der Waals surface area contributed by atoms with Crippen LogP contribution in [0.5, 0.6) is 0 Å². The van der Waals surface area contributed by atoms with E-state index >= 15 is 0 Å². The second-order valence-corrected chi connectivity index (χ2v) is 10.0. The van der Waals surface area contributed by atoms with E-state index in [0.29, 0.717) is 24.6 Å². The molecule has 0 spiro atoms. The van der Waals surface area contributed by atoms with Crippen molar-refractivity contribution in [3.8, 4) is 0 Å². The molecular formula is C25H18F3NO4S. The molecule has 0 bridgehead atoms. The maximum absolute atomic E-state index is 13.4. The van der Waals surface area contributed by atoms with Crippen LogP contribution in [0.2, 0.25) is 0 Å². The van der Waals surface area contributed by atoms with E-state index in [9.17, 15) is 26.4 Å². The number of fused-ring (bicyclic) bond motifs is 2. The van der Waals surface area contributed by atoms with Crippen LogP contribution in [0.3, 0.4) is 0 Å². The number of hydrogen-bond acceptors (Lipinski definition) is 4. The number of halogens is 3. The number of alkyl halides is 3. The van der Waals surface area contributed by atoms with Gasteiger partial charge in [-0.3, -0.25) is 4.31 Å². The number of benzene rings is 2. The van der Waals surface area contributed by atoms with Gasteiger partial charge < -0.3 is 4.42 Å². The number of sulfonamides is 1. The lowest BCUT2D eigenvalue weighted by molar-refractivity contribution is -0.136. The first kappa shape index (κ1) is 22.2. The van der Waals surface area contributed by atoms with Crippen molar-refractivity contribution in [1.82, 2.24) is 4.31 Å². The fourth-order valence-electron chi connectivity index (χ4n) is 4.15. The molecule has 2 aliphatic rings. The summed E-state index contributed by atoms with van der Waals surface area (Å²) >= 11 is 0. The fraction of sp³-hybridized carbons (Fsp3) is 0.160. The molecule has 2 aromatic carbocycles. The highest BCUT2D eigenvalue weighted by molar-refractivity contribution is 7.89. The maximum Gasteiger partial charge on any atom is 0.417 e. The molecule has 0 fully saturated rings. The molecule has 3 aromatic rings. The molecular weight excluding hydrogens is 467 g/mol. The summed E-state index contributed by atoms with van der Waals surface area (Å²) in [5.41, 5.74) is 0.995. The van der Waals surface area contributed by atoms with Crippen molar-refractivity contribution in [2.75, 3.05) is 6.54 Å². The van der Waals surface area contributed by atoms with Gasteiger partial charge in [0, 0.05) is 17.7 Å². The van der Waals surface area contributed by atoms with Crippen molar-refractivity contribution in [2.24, 2.45) is 0 Å². The first-order chi connectivity index (χ1) is 16.1. The first-order valence-electron chi connectivity index (χ1n) is 10.4. The molecule has 34 heavy (non-hydrogen) atoms. The Bertz CT molecular complexity index is 1550. The van der Waals surface area contributed by atoms with Gasteiger partial charge >= 0.3 is 11.8 Å². The van der Waals surface area contributed by atoms with E-state index < -0.39 is 27.4 Å². The number of hydrogen-bond donors (Lipinski definition) is 0. The topological polar surface area (TPSA) is 67.6 Å². The molecule has 1 aliphatic heterocycles. The van der Waals surface area contributed by atoms with Crippen LogP contribution in [0.1, 0.15) is 23.1 Å². The van der Waals surface area contributed by atoms with Gasteiger partial charge in [0.05, 0.1) is 17.0 Å². The average molecular weight is 485 g/mol. The lowest BCUT2D eigenvalue weighted by Crippen LogP contribution is -2.24. The summed E-state index contributed by atoms with van der Waals surface area (Å²) in [4.78, 5) is 11.6. The predicted octanol–water partition coefficient (Wildman–Crippen LogP) is 5.18. The van der Waals surface area contributed by atoms with Crippen LogP contribution in [0.4, 0.5) is 13.2 Å². The fourth-order valence-corrected chi connectivity index (χ4v) is 5.48. The average Bonchev–Trinajstić information content (AvgIpc) is 3.24. The highest BCUT2D eigenvalue weighted by Crippen LogP contribution is 2.35. The van der Waals surface area contributed by atoms with Gasteiger partial charge in [0.15, 0.2) is 0 Å². The van der Waals surface area contributed by atoms with E-state index in [2.05, 4.69) is 0 Å². The zero-order chi connectivity index (χ0) is 24.1. The summed E-state index contributed by atoms with van der Waals surface area (Å²) < 4.78 is 72.5. The Morgan fingerprint density at radius 2 is 1.71 bits per heavy atom. The summed E-state index contributed by atoms with van der Waals surface area (Å²) in [6.45, 7) is 0.290. The Labute approximate surface area is 193 Å². The Balaban J connectivity index is 1.40. The van der Waals surface area contributed by atoms with Gasteiger partial charge in [0.1, 0.15) is 5.58 Å². The van der Waals surface area contributed by atoms with Gasteiger partial charge in [0.25, 0.3) is 10.0 Å². The van der Waals surface area contributed by atoms with Gasteiger partial charge in [-0.25, -0.2) is 13.2 Å². The number of nitrogens with zero attached hydrogens (tertiary/aromatic N) is 1. The molecule has 174 valence electrons. The van der Waals surface area contributed by atoms with E-state index in [1.165, 1.54) is 28.6 Å². The third-order valence-corrected chi connectivity index (χ3v) is 7.58. The molecule has 0 unspecified atom stereocenters. The van der Waals surface area contributed by atoms with E-state index in [4.69, 9.17) is 4.42 Å². The Hall–Kier alpha value is -3.59. The van der Waals surface area contributed by atoms with Crippen molar-refractivity contribution < 1.29 is 26.0 Å². The minimum absolute atomic E-state index is 0.139. The summed E-state index contributed by atoms with van der Waals surface area (Å²) in [6.07, 6.45) is 3.73. The summed E-state index contributed by atoms with van der Waals surface area (Å²) in [5.74, 6) is 0. The molecule has 0 atom stereocenters. The number of rotatable bonds is 4. The van der Waals surface area contributed by atoms with Gasteiger partial charge in [-0.2, -0.15) is 13.2 Å². The van der Waals surface area contributed by atoms with E-state index in [-0.39, 0.29) is 22.3 Å². The Morgan fingerprint density at radius 1 is 0.971 bits per heavy atom. The molecule has 0 saturated carbocycles. The first-order valence-corrected chi connectivity index (χ1v) is 11.9. The van der Waals surface area contributed by atoms with Crippen molar-refractivity contribution >= 4 is 21.0 Å². The van der Waals surface area contributed by atoms with Crippen molar-refractivity contribution in [2.45, 2.75) is 23.9 Å². The molecule has 5 nitrogen and oxygen atoms in total. The quantitative estimate of drug-likeness (QED) is 0.478. The molecule has 1 aromatic heterocycles. The summed E-state index contributed by atoms with van der Waals surface area (Å²) in [7, 11) is -3.72. The van der Waals surface area contributed by atoms with Crippen molar-refractivity contribution in [3.63, 3.8) is 0 Å². The standard InChI is InChI=1S/C25H18F3NO4S/c26-25(27,28)22-13-24(30)33-23-10-7-17(12-21(22)23)11-16-5-8-20(9-6-16)34(31,32)29-14-18-3-1-2-4-19(18)15-29/h1-3,5-10,12-13,15H,4,11,14H2. The third kappa shape index (κ3) is 4.07.